The summed E-state index contributed by atoms with van der Waals surface area (Å²) in [5.74, 6) is -0.120. The van der Waals surface area contributed by atoms with Gasteiger partial charge in [-0.1, -0.05) is 33.3 Å². The van der Waals surface area contributed by atoms with E-state index in [9.17, 15) is 24.5 Å². The standard InChI is InChI=1S/C32H28BrN3O10S/c1-5-43-25-13-18(7-11-24(25)45-16-27(37)42-4)29-28(31(39)44-6-2)17(3)34-32-35(29)30(38)26(47-32)15-20-9-12-23(46-20)21-10-8-19(33)14-22(21)36(40)41/h7-15,29H,5-6,16H2,1-4H3/b26-15+/t29-/m1/s1. The van der Waals surface area contributed by atoms with Gasteiger partial charge in [-0.2, -0.15) is 0 Å². The topological polar surface area (TPSA) is 162 Å². The second kappa shape index (κ2) is 14.2. The van der Waals surface area contributed by atoms with Crippen LogP contribution in [-0.2, 0) is 19.1 Å². The number of rotatable bonds is 11. The van der Waals surface area contributed by atoms with Gasteiger partial charge in [0.15, 0.2) is 22.9 Å². The second-order valence-corrected chi connectivity index (χ2v) is 11.9. The van der Waals surface area contributed by atoms with E-state index in [1.54, 1.807) is 63.2 Å². The molecule has 0 unspecified atom stereocenters. The molecule has 0 bridgehead atoms. The number of ether oxygens (including phenoxy) is 4. The van der Waals surface area contributed by atoms with Crippen molar-refractivity contribution in [2.45, 2.75) is 26.8 Å². The molecule has 0 N–H and O–H groups in total. The average Bonchev–Trinajstić information content (AvgIpc) is 3.63. The Hall–Kier alpha value is -5.02. The number of hydrogen-bond acceptors (Lipinski definition) is 12. The Balaban J connectivity index is 1.62. The minimum Gasteiger partial charge on any atom is -0.490 e. The Bertz CT molecular complexity index is 2100. The maximum absolute atomic E-state index is 14.0. The average molecular weight is 727 g/mol. The van der Waals surface area contributed by atoms with E-state index in [4.69, 9.17) is 18.6 Å². The Morgan fingerprint density at radius 3 is 2.60 bits per heavy atom. The largest absolute Gasteiger partial charge is 0.490 e. The van der Waals surface area contributed by atoms with Crippen molar-refractivity contribution in [3.63, 3.8) is 0 Å². The first-order valence-electron chi connectivity index (χ1n) is 14.3. The van der Waals surface area contributed by atoms with E-state index in [1.807, 2.05) is 0 Å². The van der Waals surface area contributed by atoms with Gasteiger partial charge in [-0.15, -0.1) is 0 Å². The monoisotopic (exact) mass is 725 g/mol. The fourth-order valence-electron chi connectivity index (χ4n) is 4.95. The molecule has 3 heterocycles. The molecule has 15 heteroatoms. The third-order valence-electron chi connectivity index (χ3n) is 7.00. The van der Waals surface area contributed by atoms with Crippen LogP contribution in [0.3, 0.4) is 0 Å². The van der Waals surface area contributed by atoms with Gasteiger partial charge < -0.3 is 23.4 Å². The number of nitro benzene ring substituents is 1. The van der Waals surface area contributed by atoms with Crippen molar-refractivity contribution >= 4 is 51.0 Å². The lowest BCUT2D eigenvalue weighted by Crippen LogP contribution is -2.40. The van der Waals surface area contributed by atoms with E-state index in [0.29, 0.717) is 26.3 Å². The number of carbonyl (C=O) groups excluding carboxylic acids is 2. The number of nitro groups is 1. The van der Waals surface area contributed by atoms with Gasteiger partial charge in [0, 0.05) is 16.6 Å². The zero-order valence-corrected chi connectivity index (χ0v) is 28.0. The fraction of sp³-hybridized carbons (Fsp3) is 0.250. The van der Waals surface area contributed by atoms with E-state index in [1.165, 1.54) is 23.8 Å². The summed E-state index contributed by atoms with van der Waals surface area (Å²) in [4.78, 5) is 55.1. The number of furan rings is 1. The Morgan fingerprint density at radius 2 is 1.89 bits per heavy atom. The van der Waals surface area contributed by atoms with Crippen molar-refractivity contribution in [3.8, 4) is 22.8 Å². The summed E-state index contributed by atoms with van der Waals surface area (Å²) in [6.45, 7) is 5.16. The van der Waals surface area contributed by atoms with Crippen LogP contribution in [0.1, 0.15) is 38.1 Å². The van der Waals surface area contributed by atoms with E-state index < -0.39 is 28.5 Å². The van der Waals surface area contributed by atoms with Crippen LogP contribution < -0.4 is 24.4 Å². The summed E-state index contributed by atoms with van der Waals surface area (Å²) in [5, 5.41) is 11.7. The highest BCUT2D eigenvalue weighted by atomic mass is 79.9. The molecule has 1 aliphatic heterocycles. The number of esters is 2. The van der Waals surface area contributed by atoms with Gasteiger partial charge in [-0.05, 0) is 62.7 Å². The zero-order chi connectivity index (χ0) is 33.8. The smallest absolute Gasteiger partial charge is 0.343 e. The summed E-state index contributed by atoms with van der Waals surface area (Å²) in [6, 6.07) is 11.8. The molecule has 0 spiro atoms. The van der Waals surface area contributed by atoms with Crippen LogP contribution in [0.4, 0.5) is 5.69 Å². The van der Waals surface area contributed by atoms with Crippen LogP contribution in [0, 0.1) is 10.1 Å². The maximum atomic E-state index is 14.0. The normalized spacial score (nSPS) is 14.3. The molecule has 2 aromatic carbocycles. The number of carbonyl (C=O) groups is 2. The van der Waals surface area contributed by atoms with Crippen LogP contribution in [0.5, 0.6) is 11.5 Å². The lowest BCUT2D eigenvalue weighted by atomic mass is 9.95. The molecule has 5 rings (SSSR count). The maximum Gasteiger partial charge on any atom is 0.343 e. The highest BCUT2D eigenvalue weighted by molar-refractivity contribution is 9.10. The summed E-state index contributed by atoms with van der Waals surface area (Å²) in [5.41, 5.74) is 0.719. The highest BCUT2D eigenvalue weighted by Crippen LogP contribution is 2.37. The van der Waals surface area contributed by atoms with E-state index in [2.05, 4.69) is 25.7 Å². The molecule has 0 saturated heterocycles. The fourth-order valence-corrected chi connectivity index (χ4v) is 6.33. The number of thiazole rings is 1. The molecule has 13 nitrogen and oxygen atoms in total. The Labute approximate surface area is 279 Å². The molecular weight excluding hydrogens is 698 g/mol. The molecule has 4 aromatic rings. The van der Waals surface area contributed by atoms with Crippen LogP contribution >= 0.6 is 27.3 Å². The minimum atomic E-state index is -0.945. The molecular formula is C32H28BrN3O10S. The summed E-state index contributed by atoms with van der Waals surface area (Å²) >= 11 is 4.34. The van der Waals surface area contributed by atoms with Crippen LogP contribution in [-0.4, -0.2) is 48.4 Å². The second-order valence-electron chi connectivity index (χ2n) is 9.93. The SMILES string of the molecule is CCOC(=O)C1=C(C)N=c2s/c(=C/c3ccc(-c4ccc(Br)cc4[N+](=O)[O-])o3)c(=O)n2[C@@H]1c1ccc(OCC(=O)OC)c(OCC)c1. The number of methoxy groups -OCH3 is 1. The number of halogens is 1. The molecule has 0 saturated carbocycles. The molecule has 244 valence electrons. The van der Waals surface area contributed by atoms with Gasteiger partial charge in [0.05, 0.1) is 52.7 Å². The van der Waals surface area contributed by atoms with Gasteiger partial charge in [0.25, 0.3) is 11.2 Å². The first kappa shape index (κ1) is 33.3. The van der Waals surface area contributed by atoms with Crippen molar-refractivity contribution in [2.75, 3.05) is 26.9 Å². The van der Waals surface area contributed by atoms with Gasteiger partial charge in [-0.25, -0.2) is 14.6 Å². The van der Waals surface area contributed by atoms with Crippen LogP contribution in [0.25, 0.3) is 17.4 Å². The molecule has 2 aromatic heterocycles. The zero-order valence-electron chi connectivity index (χ0n) is 25.6. The summed E-state index contributed by atoms with van der Waals surface area (Å²) in [6.07, 6.45) is 1.52. The molecule has 47 heavy (non-hydrogen) atoms. The van der Waals surface area contributed by atoms with Gasteiger partial charge in [0.2, 0.25) is 0 Å². The number of hydrogen-bond donors (Lipinski definition) is 0. The number of allylic oxidation sites excluding steroid dienone is 1. The van der Waals surface area contributed by atoms with Crippen molar-refractivity contribution in [2.24, 2.45) is 4.99 Å². The van der Waals surface area contributed by atoms with E-state index in [0.717, 1.165) is 11.3 Å². The summed E-state index contributed by atoms with van der Waals surface area (Å²) in [7, 11) is 1.25. The van der Waals surface area contributed by atoms with Crippen molar-refractivity contribution < 1.29 is 37.9 Å². The minimum absolute atomic E-state index is 0.106. The quantitative estimate of drug-likeness (QED) is 0.121. The van der Waals surface area contributed by atoms with Crippen molar-refractivity contribution in [1.29, 1.82) is 0 Å². The van der Waals surface area contributed by atoms with Gasteiger partial charge >= 0.3 is 11.9 Å². The first-order valence-corrected chi connectivity index (χ1v) is 15.9. The Morgan fingerprint density at radius 1 is 1.11 bits per heavy atom. The molecule has 0 fully saturated rings. The number of benzene rings is 2. The van der Waals surface area contributed by atoms with Crippen LogP contribution in [0.15, 0.2) is 78.5 Å². The van der Waals surface area contributed by atoms with E-state index >= 15 is 0 Å². The molecule has 0 amide bonds. The summed E-state index contributed by atoms with van der Waals surface area (Å²) < 4.78 is 29.5. The molecule has 1 aliphatic rings. The number of fused-ring (bicyclic) bond motifs is 1. The predicted octanol–water partition coefficient (Wildman–Crippen LogP) is 4.68. The van der Waals surface area contributed by atoms with Gasteiger partial charge in [-0.3, -0.25) is 19.5 Å². The van der Waals surface area contributed by atoms with Gasteiger partial charge in [0.1, 0.15) is 11.5 Å². The lowest BCUT2D eigenvalue weighted by Gasteiger charge is -2.25. The molecule has 1 atom stereocenters. The third-order valence-corrected chi connectivity index (χ3v) is 8.47. The predicted molar refractivity (Wildman–Crippen MR) is 174 cm³/mol. The highest BCUT2D eigenvalue weighted by Gasteiger charge is 2.34. The lowest BCUT2D eigenvalue weighted by molar-refractivity contribution is -0.384. The molecule has 0 aliphatic carbocycles. The first-order chi connectivity index (χ1) is 22.6. The third kappa shape index (κ3) is 6.90. The van der Waals surface area contributed by atoms with E-state index in [-0.39, 0.29) is 58.4 Å². The van der Waals surface area contributed by atoms with Crippen molar-refractivity contribution in [3.05, 3.63) is 105 Å². The Kier molecular flexibility index (Phi) is 10.1. The van der Waals surface area contributed by atoms with Crippen LogP contribution in [0.2, 0.25) is 0 Å². The number of nitrogens with zero attached hydrogens (tertiary/aromatic N) is 3. The molecule has 0 radical (unpaired) electrons. The number of aromatic nitrogens is 1. The van der Waals surface area contributed by atoms with Crippen molar-refractivity contribution in [1.82, 2.24) is 4.57 Å².